The van der Waals surface area contributed by atoms with E-state index in [0.717, 1.165) is 0 Å². The number of ether oxygens (including phenoxy) is 2. The Morgan fingerprint density at radius 3 is 2.71 bits per heavy atom. The van der Waals surface area contributed by atoms with Crippen LogP contribution in [0.5, 0.6) is 11.5 Å². The molecular weight excluding hydrogens is 376 g/mol. The molecule has 0 bridgehead atoms. The van der Waals surface area contributed by atoms with Crippen molar-refractivity contribution < 1.29 is 19.1 Å². The number of nitrogens with one attached hydrogen (secondary N) is 2. The van der Waals surface area contributed by atoms with E-state index >= 15 is 0 Å². The first kappa shape index (κ1) is 16.3. The predicted octanol–water partition coefficient (Wildman–Crippen LogP) is 2.94. The molecule has 1 heterocycles. The largest absolute Gasteiger partial charge is 0.454 e. The van der Waals surface area contributed by atoms with Gasteiger partial charge in [-0.2, -0.15) is 0 Å². The lowest BCUT2D eigenvalue weighted by Crippen LogP contribution is -2.27. The smallest absolute Gasteiger partial charge is 0.252 e. The summed E-state index contributed by atoms with van der Waals surface area (Å²) in [7, 11) is 0. The van der Waals surface area contributed by atoms with Crippen LogP contribution >= 0.6 is 15.9 Å². The van der Waals surface area contributed by atoms with E-state index in [1.807, 2.05) is 6.07 Å². The van der Waals surface area contributed by atoms with Crippen molar-refractivity contribution in [3.05, 3.63) is 52.5 Å². The third-order valence-corrected chi connectivity index (χ3v) is 4.10. The van der Waals surface area contributed by atoms with E-state index in [1.54, 1.807) is 36.4 Å². The maximum atomic E-state index is 12.0. The van der Waals surface area contributed by atoms with E-state index in [4.69, 9.17) is 9.47 Å². The van der Waals surface area contributed by atoms with Crippen LogP contribution in [0.4, 0.5) is 5.69 Å². The summed E-state index contributed by atoms with van der Waals surface area (Å²) in [6.07, 6.45) is 0.171. The third-order valence-electron chi connectivity index (χ3n) is 3.41. The molecule has 0 unspecified atom stereocenters. The second-order valence-electron chi connectivity index (χ2n) is 5.10. The van der Waals surface area contributed by atoms with Crippen molar-refractivity contribution in [2.24, 2.45) is 0 Å². The van der Waals surface area contributed by atoms with Gasteiger partial charge in [-0.1, -0.05) is 12.1 Å². The molecule has 1 aliphatic rings. The molecule has 0 spiro atoms. The first-order chi connectivity index (χ1) is 11.6. The molecule has 0 aliphatic carbocycles. The topological polar surface area (TPSA) is 76.7 Å². The Hall–Kier alpha value is -2.54. The van der Waals surface area contributed by atoms with Gasteiger partial charge in [-0.3, -0.25) is 9.59 Å². The third kappa shape index (κ3) is 3.86. The van der Waals surface area contributed by atoms with Gasteiger partial charge >= 0.3 is 0 Å². The monoisotopic (exact) mass is 390 g/mol. The maximum absolute atomic E-state index is 12.0. The second kappa shape index (κ2) is 7.35. The van der Waals surface area contributed by atoms with Crippen LogP contribution in [0.25, 0.3) is 0 Å². The molecule has 2 aromatic carbocycles. The van der Waals surface area contributed by atoms with Gasteiger partial charge in [0.05, 0.1) is 5.56 Å². The minimum absolute atomic E-state index is 0.171. The lowest BCUT2D eigenvalue weighted by Gasteiger charge is -2.08. The van der Waals surface area contributed by atoms with Crippen LogP contribution in [-0.2, 0) is 4.79 Å². The summed E-state index contributed by atoms with van der Waals surface area (Å²) >= 11 is 3.32. The van der Waals surface area contributed by atoms with Crippen LogP contribution in [0.2, 0.25) is 0 Å². The number of fused-ring (bicyclic) bond motifs is 1. The first-order valence-electron chi connectivity index (χ1n) is 7.36. The molecule has 0 saturated heterocycles. The van der Waals surface area contributed by atoms with Crippen molar-refractivity contribution in [2.75, 3.05) is 18.7 Å². The van der Waals surface area contributed by atoms with Gasteiger partial charge in [-0.15, -0.1) is 0 Å². The van der Waals surface area contributed by atoms with E-state index in [-0.39, 0.29) is 31.6 Å². The Balaban J connectivity index is 1.48. The number of hydrogen-bond acceptors (Lipinski definition) is 4. The average Bonchev–Trinajstić information content (AvgIpc) is 3.02. The first-order valence-corrected chi connectivity index (χ1v) is 8.15. The zero-order valence-corrected chi connectivity index (χ0v) is 14.3. The lowest BCUT2D eigenvalue weighted by molar-refractivity contribution is -0.116. The minimum Gasteiger partial charge on any atom is -0.454 e. The van der Waals surface area contributed by atoms with Crippen molar-refractivity contribution in [2.45, 2.75) is 6.42 Å². The highest BCUT2D eigenvalue weighted by Crippen LogP contribution is 2.34. The average molecular weight is 391 g/mol. The molecule has 6 nitrogen and oxygen atoms in total. The highest BCUT2D eigenvalue weighted by atomic mass is 79.9. The van der Waals surface area contributed by atoms with E-state index in [0.29, 0.717) is 27.2 Å². The summed E-state index contributed by atoms with van der Waals surface area (Å²) < 4.78 is 11.2. The molecule has 2 N–H and O–H groups in total. The molecule has 7 heteroatoms. The summed E-state index contributed by atoms with van der Waals surface area (Å²) in [5.41, 5.74) is 1.16. The molecule has 0 saturated carbocycles. The number of amides is 2. The van der Waals surface area contributed by atoms with E-state index in [1.165, 1.54) is 0 Å². The molecule has 0 radical (unpaired) electrons. The van der Waals surface area contributed by atoms with Gasteiger partial charge in [0.15, 0.2) is 11.5 Å². The Morgan fingerprint density at radius 2 is 1.88 bits per heavy atom. The summed E-state index contributed by atoms with van der Waals surface area (Å²) in [6.45, 7) is 0.435. The minimum atomic E-state index is -0.224. The fourth-order valence-corrected chi connectivity index (χ4v) is 2.69. The number of carbonyl (C=O) groups is 2. The molecule has 2 aromatic rings. The van der Waals surface area contributed by atoms with Crippen LogP contribution < -0.4 is 20.1 Å². The number of benzene rings is 2. The zero-order valence-electron chi connectivity index (χ0n) is 12.7. The number of halogens is 1. The maximum Gasteiger partial charge on any atom is 0.252 e. The van der Waals surface area contributed by atoms with Gasteiger partial charge in [-0.05, 0) is 40.2 Å². The van der Waals surface area contributed by atoms with E-state index < -0.39 is 0 Å². The Labute approximate surface area is 147 Å². The van der Waals surface area contributed by atoms with Gasteiger partial charge < -0.3 is 20.1 Å². The SMILES string of the molecule is O=C(CCNC(=O)c1ccccc1Br)Nc1ccc2c(c1)OCO2. The number of anilines is 1. The number of hydrogen-bond donors (Lipinski definition) is 2. The summed E-state index contributed by atoms with van der Waals surface area (Å²) in [5.74, 6) is 0.850. The van der Waals surface area contributed by atoms with Crippen molar-refractivity contribution in [1.82, 2.24) is 5.32 Å². The highest BCUT2D eigenvalue weighted by molar-refractivity contribution is 9.10. The Morgan fingerprint density at radius 1 is 1.08 bits per heavy atom. The van der Waals surface area contributed by atoms with Gasteiger partial charge in [0.25, 0.3) is 5.91 Å². The fraction of sp³-hybridized carbons (Fsp3) is 0.176. The van der Waals surface area contributed by atoms with Crippen molar-refractivity contribution >= 4 is 33.4 Å². The van der Waals surface area contributed by atoms with E-state index in [9.17, 15) is 9.59 Å². The normalized spacial score (nSPS) is 11.9. The van der Waals surface area contributed by atoms with Gasteiger partial charge in [0, 0.05) is 29.2 Å². The Kier molecular flexibility index (Phi) is 5.00. The van der Waals surface area contributed by atoms with Gasteiger partial charge in [-0.25, -0.2) is 0 Å². The van der Waals surface area contributed by atoms with Crippen molar-refractivity contribution in [3.8, 4) is 11.5 Å². The van der Waals surface area contributed by atoms with Crippen molar-refractivity contribution in [1.29, 1.82) is 0 Å². The molecule has 24 heavy (non-hydrogen) atoms. The second-order valence-corrected chi connectivity index (χ2v) is 5.96. The predicted molar refractivity (Wildman–Crippen MR) is 92.3 cm³/mol. The van der Waals surface area contributed by atoms with Crippen LogP contribution in [-0.4, -0.2) is 25.2 Å². The fourth-order valence-electron chi connectivity index (χ4n) is 2.23. The molecular formula is C17H15BrN2O4. The van der Waals surface area contributed by atoms with Crippen LogP contribution in [0.1, 0.15) is 16.8 Å². The van der Waals surface area contributed by atoms with Gasteiger partial charge in [0.2, 0.25) is 12.7 Å². The summed E-state index contributed by atoms with van der Waals surface area (Å²) in [6, 6.07) is 12.3. The van der Waals surface area contributed by atoms with Crippen molar-refractivity contribution in [3.63, 3.8) is 0 Å². The van der Waals surface area contributed by atoms with Gasteiger partial charge in [0.1, 0.15) is 0 Å². The van der Waals surface area contributed by atoms with Crippen LogP contribution in [0.15, 0.2) is 46.9 Å². The molecule has 124 valence electrons. The molecule has 1 aliphatic heterocycles. The highest BCUT2D eigenvalue weighted by Gasteiger charge is 2.14. The molecule has 3 rings (SSSR count). The summed E-state index contributed by atoms with van der Waals surface area (Å²) in [5, 5.41) is 5.49. The zero-order chi connectivity index (χ0) is 16.9. The lowest BCUT2D eigenvalue weighted by atomic mass is 10.2. The quantitative estimate of drug-likeness (QED) is 0.822. The number of rotatable bonds is 5. The summed E-state index contributed by atoms with van der Waals surface area (Å²) in [4.78, 5) is 24.0. The molecule has 0 fully saturated rings. The molecule has 0 aromatic heterocycles. The van der Waals surface area contributed by atoms with Crippen LogP contribution in [0, 0.1) is 0 Å². The van der Waals surface area contributed by atoms with E-state index in [2.05, 4.69) is 26.6 Å². The molecule has 0 atom stereocenters. The standard InChI is InChI=1S/C17H15BrN2O4/c18-13-4-2-1-3-12(13)17(22)19-8-7-16(21)20-11-5-6-14-15(9-11)24-10-23-14/h1-6,9H,7-8,10H2,(H,19,22)(H,20,21). The number of carbonyl (C=O) groups excluding carboxylic acids is 2. The Bertz CT molecular complexity index is 779. The molecule has 2 amide bonds. The van der Waals surface area contributed by atoms with Crippen LogP contribution in [0.3, 0.4) is 0 Å².